The Labute approximate surface area is 117 Å². The molecular weight excluding hydrogens is 317 g/mol. The van der Waals surface area contributed by atoms with Gasteiger partial charge in [0.1, 0.15) is 11.6 Å². The van der Waals surface area contributed by atoms with Crippen LogP contribution in [-0.2, 0) is 0 Å². The third-order valence-corrected chi connectivity index (χ3v) is 3.15. The molecule has 2 aromatic rings. The predicted molar refractivity (Wildman–Crippen MR) is 72.0 cm³/mol. The molecule has 0 saturated heterocycles. The number of aryl methyl sites for hydroxylation is 1. The fourth-order valence-corrected chi connectivity index (χ4v) is 1.88. The molecule has 2 aromatic carbocycles. The topological polar surface area (TPSA) is 52.4 Å². The molecule has 0 aliphatic heterocycles. The number of nitro groups is 1. The van der Waals surface area contributed by atoms with Crippen LogP contribution in [0.3, 0.4) is 0 Å². The van der Waals surface area contributed by atoms with Crippen molar-refractivity contribution in [3.63, 3.8) is 0 Å². The van der Waals surface area contributed by atoms with E-state index in [1.807, 2.05) is 0 Å². The average molecular weight is 326 g/mol. The van der Waals surface area contributed by atoms with Gasteiger partial charge in [0.05, 0.1) is 15.5 Å². The largest absolute Gasteiger partial charge is 0.449 e. The van der Waals surface area contributed by atoms with Gasteiger partial charge in [-0.3, -0.25) is 10.1 Å². The van der Waals surface area contributed by atoms with E-state index in [-0.39, 0.29) is 11.3 Å². The van der Waals surface area contributed by atoms with Gasteiger partial charge in [-0.25, -0.2) is 4.39 Å². The first-order valence-electron chi connectivity index (χ1n) is 5.36. The molecule has 6 heteroatoms. The first-order valence-corrected chi connectivity index (χ1v) is 6.15. The molecule has 0 atom stereocenters. The van der Waals surface area contributed by atoms with Crippen LogP contribution in [0.5, 0.6) is 11.5 Å². The molecule has 2 rings (SSSR count). The zero-order valence-corrected chi connectivity index (χ0v) is 11.5. The van der Waals surface area contributed by atoms with Crippen molar-refractivity contribution in [2.24, 2.45) is 0 Å². The molecule has 0 aromatic heterocycles. The van der Waals surface area contributed by atoms with E-state index in [0.29, 0.717) is 10.2 Å². The maximum atomic E-state index is 13.4. The first kappa shape index (κ1) is 13.5. The first-order chi connectivity index (χ1) is 8.99. The standard InChI is InChI=1S/C13H9BrFNO3/c1-8-6-13(11(16(17)18)7-10(8)15)19-12-5-3-2-4-9(12)14/h2-7H,1H3. The average Bonchev–Trinajstić information content (AvgIpc) is 2.36. The minimum Gasteiger partial charge on any atom is -0.449 e. The molecule has 4 nitrogen and oxygen atoms in total. The maximum Gasteiger partial charge on any atom is 0.314 e. The monoisotopic (exact) mass is 325 g/mol. The van der Waals surface area contributed by atoms with Crippen LogP contribution < -0.4 is 4.74 Å². The van der Waals surface area contributed by atoms with E-state index in [1.165, 1.54) is 13.0 Å². The highest BCUT2D eigenvalue weighted by molar-refractivity contribution is 9.10. The van der Waals surface area contributed by atoms with Gasteiger partial charge in [0.25, 0.3) is 0 Å². The Morgan fingerprint density at radius 2 is 1.95 bits per heavy atom. The van der Waals surface area contributed by atoms with E-state index >= 15 is 0 Å². The number of ether oxygens (including phenoxy) is 1. The number of para-hydroxylation sites is 1. The van der Waals surface area contributed by atoms with Crippen molar-refractivity contribution >= 4 is 21.6 Å². The molecule has 0 unspecified atom stereocenters. The summed E-state index contributed by atoms with van der Waals surface area (Å²) in [6.07, 6.45) is 0. The van der Waals surface area contributed by atoms with Crippen molar-refractivity contribution in [2.75, 3.05) is 0 Å². The Morgan fingerprint density at radius 1 is 1.26 bits per heavy atom. The van der Waals surface area contributed by atoms with Gasteiger partial charge in [-0.15, -0.1) is 0 Å². The number of nitrogens with zero attached hydrogens (tertiary/aromatic N) is 1. The zero-order valence-electron chi connectivity index (χ0n) is 9.89. The lowest BCUT2D eigenvalue weighted by molar-refractivity contribution is -0.385. The van der Waals surface area contributed by atoms with Crippen molar-refractivity contribution in [3.8, 4) is 11.5 Å². The van der Waals surface area contributed by atoms with E-state index in [9.17, 15) is 14.5 Å². The summed E-state index contributed by atoms with van der Waals surface area (Å²) in [4.78, 5) is 10.2. The quantitative estimate of drug-likeness (QED) is 0.612. The second kappa shape index (κ2) is 5.36. The third kappa shape index (κ3) is 2.90. The van der Waals surface area contributed by atoms with Crippen LogP contribution in [0.4, 0.5) is 10.1 Å². The van der Waals surface area contributed by atoms with E-state index in [1.54, 1.807) is 24.3 Å². The smallest absolute Gasteiger partial charge is 0.314 e. The van der Waals surface area contributed by atoms with Crippen molar-refractivity contribution in [1.82, 2.24) is 0 Å². The fraction of sp³-hybridized carbons (Fsp3) is 0.0769. The highest BCUT2D eigenvalue weighted by Gasteiger charge is 2.19. The van der Waals surface area contributed by atoms with E-state index in [0.717, 1.165) is 6.07 Å². The van der Waals surface area contributed by atoms with E-state index < -0.39 is 16.4 Å². The third-order valence-electron chi connectivity index (χ3n) is 2.49. The lowest BCUT2D eigenvalue weighted by Gasteiger charge is -2.09. The van der Waals surface area contributed by atoms with Crippen LogP contribution >= 0.6 is 15.9 Å². The molecule has 98 valence electrons. The number of hydrogen-bond donors (Lipinski definition) is 0. The number of rotatable bonds is 3. The van der Waals surface area contributed by atoms with Gasteiger partial charge in [0.15, 0.2) is 0 Å². The molecule has 0 radical (unpaired) electrons. The zero-order chi connectivity index (χ0) is 14.0. The fourth-order valence-electron chi connectivity index (χ4n) is 1.51. The highest BCUT2D eigenvalue weighted by atomic mass is 79.9. The molecule has 0 saturated carbocycles. The molecule has 0 amide bonds. The summed E-state index contributed by atoms with van der Waals surface area (Å²) in [7, 11) is 0. The molecule has 0 aliphatic rings. The lowest BCUT2D eigenvalue weighted by Crippen LogP contribution is -1.96. The van der Waals surface area contributed by atoms with Crippen LogP contribution in [0.2, 0.25) is 0 Å². The van der Waals surface area contributed by atoms with Crippen molar-refractivity contribution in [1.29, 1.82) is 0 Å². The molecule has 0 aliphatic carbocycles. The Balaban J connectivity index is 2.48. The minimum atomic E-state index is -0.672. The normalized spacial score (nSPS) is 10.3. The van der Waals surface area contributed by atoms with Gasteiger partial charge in [0, 0.05) is 0 Å². The molecule has 0 fully saturated rings. The van der Waals surface area contributed by atoms with Crippen LogP contribution in [0.25, 0.3) is 0 Å². The Kier molecular flexibility index (Phi) is 3.80. The predicted octanol–water partition coefficient (Wildman–Crippen LogP) is 4.60. The van der Waals surface area contributed by atoms with Crippen molar-refractivity contribution in [3.05, 3.63) is 62.4 Å². The Hall–Kier alpha value is -1.95. The van der Waals surface area contributed by atoms with Crippen molar-refractivity contribution in [2.45, 2.75) is 6.92 Å². The van der Waals surface area contributed by atoms with Gasteiger partial charge in [0.2, 0.25) is 5.75 Å². The van der Waals surface area contributed by atoms with Gasteiger partial charge >= 0.3 is 5.69 Å². The second-order valence-corrected chi connectivity index (χ2v) is 4.71. The molecule has 0 spiro atoms. The second-order valence-electron chi connectivity index (χ2n) is 3.86. The number of halogens is 2. The van der Waals surface area contributed by atoms with Crippen LogP contribution in [0.15, 0.2) is 40.9 Å². The van der Waals surface area contributed by atoms with Crippen molar-refractivity contribution < 1.29 is 14.1 Å². The molecule has 0 N–H and O–H groups in total. The molecule has 0 heterocycles. The number of nitro benzene ring substituents is 1. The van der Waals surface area contributed by atoms with Crippen LogP contribution in [0.1, 0.15) is 5.56 Å². The summed E-state index contributed by atoms with van der Waals surface area (Å²) in [6.45, 7) is 1.52. The molecule has 0 bridgehead atoms. The minimum absolute atomic E-state index is 0.0100. The molecule has 19 heavy (non-hydrogen) atoms. The summed E-state index contributed by atoms with van der Waals surface area (Å²) in [5.41, 5.74) is -0.119. The van der Waals surface area contributed by atoms with Gasteiger partial charge < -0.3 is 4.74 Å². The summed E-state index contributed by atoms with van der Waals surface area (Å²) in [5, 5.41) is 10.9. The summed E-state index contributed by atoms with van der Waals surface area (Å²) in [6, 6.07) is 9.11. The maximum absolute atomic E-state index is 13.4. The summed E-state index contributed by atoms with van der Waals surface area (Å²) >= 11 is 3.28. The van der Waals surface area contributed by atoms with Crippen LogP contribution in [-0.4, -0.2) is 4.92 Å². The lowest BCUT2D eigenvalue weighted by atomic mass is 10.2. The Bertz CT molecular complexity index is 646. The SMILES string of the molecule is Cc1cc(Oc2ccccc2Br)c([N+](=O)[O-])cc1F. The van der Waals surface area contributed by atoms with Crippen LogP contribution in [0, 0.1) is 22.9 Å². The summed E-state index contributed by atoms with van der Waals surface area (Å²) < 4.78 is 19.5. The number of benzene rings is 2. The van der Waals surface area contributed by atoms with Gasteiger partial charge in [-0.2, -0.15) is 0 Å². The van der Waals surface area contributed by atoms with Gasteiger partial charge in [-0.1, -0.05) is 12.1 Å². The summed E-state index contributed by atoms with van der Waals surface area (Å²) in [5.74, 6) is -0.196. The highest BCUT2D eigenvalue weighted by Crippen LogP contribution is 2.36. The number of hydrogen-bond acceptors (Lipinski definition) is 3. The van der Waals surface area contributed by atoms with Gasteiger partial charge in [-0.05, 0) is 46.6 Å². The Morgan fingerprint density at radius 3 is 2.58 bits per heavy atom. The molecular formula is C13H9BrFNO3. The van der Waals surface area contributed by atoms with E-state index in [2.05, 4.69) is 15.9 Å². The van der Waals surface area contributed by atoms with E-state index in [4.69, 9.17) is 4.74 Å².